The van der Waals surface area contributed by atoms with Gasteiger partial charge in [0.15, 0.2) is 5.16 Å². The molecule has 2 aromatic heterocycles. The van der Waals surface area contributed by atoms with E-state index in [1.807, 2.05) is 19.9 Å². The fourth-order valence-electron chi connectivity index (χ4n) is 2.93. The molecule has 1 fully saturated rings. The Morgan fingerprint density at radius 3 is 2.78 bits per heavy atom. The predicted octanol–water partition coefficient (Wildman–Crippen LogP) is 2.83. The average molecular weight is 333 g/mol. The molecule has 23 heavy (non-hydrogen) atoms. The van der Waals surface area contributed by atoms with Gasteiger partial charge >= 0.3 is 0 Å². The van der Waals surface area contributed by atoms with E-state index in [4.69, 9.17) is 4.52 Å². The van der Waals surface area contributed by atoms with Crippen LogP contribution < -0.4 is 5.32 Å². The molecule has 0 aromatic carbocycles. The average Bonchev–Trinajstić information content (AvgIpc) is 3.11. The van der Waals surface area contributed by atoms with E-state index in [0.29, 0.717) is 5.92 Å². The Balaban J connectivity index is 1.78. The minimum atomic E-state index is 0.483. The molecular weight excluding hydrogens is 310 g/mol. The number of rotatable bonds is 6. The van der Waals surface area contributed by atoms with Crippen LogP contribution in [0.25, 0.3) is 0 Å². The van der Waals surface area contributed by atoms with E-state index in [-0.39, 0.29) is 0 Å². The summed E-state index contributed by atoms with van der Waals surface area (Å²) in [6.07, 6.45) is 4.14. The van der Waals surface area contributed by atoms with Crippen LogP contribution in [-0.4, -0.2) is 33.0 Å². The Bertz CT molecular complexity index is 653. The Morgan fingerprint density at radius 1 is 1.35 bits per heavy atom. The minimum Gasteiger partial charge on any atom is -0.361 e. The van der Waals surface area contributed by atoms with Crippen molar-refractivity contribution in [2.24, 2.45) is 0 Å². The van der Waals surface area contributed by atoms with Gasteiger partial charge in [0.1, 0.15) is 11.6 Å². The van der Waals surface area contributed by atoms with Crippen molar-refractivity contribution in [3.8, 4) is 0 Å². The maximum absolute atomic E-state index is 5.23. The highest BCUT2D eigenvalue weighted by Gasteiger charge is 2.23. The maximum Gasteiger partial charge on any atom is 0.191 e. The second-order valence-electron chi connectivity index (χ2n) is 5.86. The molecule has 0 aliphatic carbocycles. The molecule has 7 heteroatoms. The molecule has 0 radical (unpaired) electrons. The standard InChI is InChI=1S/C16H23N5OS/c1-4-9-21-15(13-5-7-17-8-6-13)18-19-16(21)23-10-14-11(2)20-22-12(14)3/h4,13,17H,1,5-10H2,2-3H3. The van der Waals surface area contributed by atoms with Crippen molar-refractivity contribution in [3.63, 3.8) is 0 Å². The van der Waals surface area contributed by atoms with Gasteiger partial charge in [-0.2, -0.15) is 0 Å². The van der Waals surface area contributed by atoms with Crippen molar-refractivity contribution in [1.82, 2.24) is 25.2 Å². The predicted molar refractivity (Wildman–Crippen MR) is 90.6 cm³/mol. The third-order valence-corrected chi connectivity index (χ3v) is 5.28. The Kier molecular flexibility index (Phi) is 5.17. The van der Waals surface area contributed by atoms with Crippen LogP contribution in [0.1, 0.15) is 41.6 Å². The summed E-state index contributed by atoms with van der Waals surface area (Å²) in [6.45, 7) is 10.6. The smallest absolute Gasteiger partial charge is 0.191 e. The second-order valence-corrected chi connectivity index (χ2v) is 6.80. The van der Waals surface area contributed by atoms with E-state index in [1.54, 1.807) is 11.8 Å². The third-order valence-electron chi connectivity index (χ3n) is 4.29. The van der Waals surface area contributed by atoms with E-state index < -0.39 is 0 Å². The molecule has 3 heterocycles. The first kappa shape index (κ1) is 16.3. The van der Waals surface area contributed by atoms with Gasteiger partial charge in [-0.15, -0.1) is 16.8 Å². The summed E-state index contributed by atoms with van der Waals surface area (Å²) in [5.41, 5.74) is 2.09. The third kappa shape index (κ3) is 3.50. The maximum atomic E-state index is 5.23. The number of nitrogens with one attached hydrogen (secondary N) is 1. The Labute approximate surface area is 140 Å². The first-order valence-corrected chi connectivity index (χ1v) is 8.98. The summed E-state index contributed by atoms with van der Waals surface area (Å²) in [7, 11) is 0. The quantitative estimate of drug-likeness (QED) is 0.647. The lowest BCUT2D eigenvalue weighted by molar-refractivity contribution is 0.392. The van der Waals surface area contributed by atoms with E-state index >= 15 is 0 Å². The molecule has 1 saturated heterocycles. The van der Waals surface area contributed by atoms with Crippen LogP contribution >= 0.6 is 11.8 Å². The SMILES string of the molecule is C=CCn1c(SCc2c(C)noc2C)nnc1C1CCNCC1. The number of piperidine rings is 1. The van der Waals surface area contributed by atoms with Gasteiger partial charge in [0.2, 0.25) is 0 Å². The number of allylic oxidation sites excluding steroid dienone is 1. The van der Waals surface area contributed by atoms with E-state index in [1.165, 1.54) is 0 Å². The summed E-state index contributed by atoms with van der Waals surface area (Å²) in [6, 6.07) is 0. The highest BCUT2D eigenvalue weighted by molar-refractivity contribution is 7.98. The summed E-state index contributed by atoms with van der Waals surface area (Å²) in [4.78, 5) is 0. The molecular formula is C16H23N5OS. The number of hydrogen-bond acceptors (Lipinski definition) is 6. The molecule has 124 valence electrons. The number of nitrogens with zero attached hydrogens (tertiary/aromatic N) is 4. The molecule has 1 aliphatic rings. The van der Waals surface area contributed by atoms with E-state index in [0.717, 1.165) is 66.2 Å². The zero-order valence-electron chi connectivity index (χ0n) is 13.7. The molecule has 0 unspecified atom stereocenters. The molecule has 6 nitrogen and oxygen atoms in total. The highest BCUT2D eigenvalue weighted by atomic mass is 32.2. The Morgan fingerprint density at radius 2 is 2.13 bits per heavy atom. The van der Waals surface area contributed by atoms with Crippen molar-refractivity contribution in [3.05, 3.63) is 35.5 Å². The highest BCUT2D eigenvalue weighted by Crippen LogP contribution is 2.30. The van der Waals surface area contributed by atoms with Crippen LogP contribution in [0.3, 0.4) is 0 Å². The normalized spacial score (nSPS) is 15.9. The minimum absolute atomic E-state index is 0.483. The number of aryl methyl sites for hydroxylation is 2. The molecule has 0 atom stereocenters. The zero-order valence-corrected chi connectivity index (χ0v) is 14.5. The summed E-state index contributed by atoms with van der Waals surface area (Å²) >= 11 is 1.68. The van der Waals surface area contributed by atoms with Gasteiger partial charge in [0.25, 0.3) is 0 Å². The van der Waals surface area contributed by atoms with Crippen molar-refractivity contribution in [1.29, 1.82) is 0 Å². The molecule has 2 aromatic rings. The van der Waals surface area contributed by atoms with Crippen LogP contribution in [0, 0.1) is 13.8 Å². The molecule has 3 rings (SSSR count). The van der Waals surface area contributed by atoms with E-state index in [9.17, 15) is 0 Å². The fraction of sp³-hybridized carbons (Fsp3) is 0.562. The van der Waals surface area contributed by atoms with Gasteiger partial charge < -0.3 is 14.4 Å². The summed E-state index contributed by atoms with van der Waals surface area (Å²) in [5, 5.41) is 17.3. The molecule has 0 spiro atoms. The van der Waals surface area contributed by atoms with Gasteiger partial charge in [-0.25, -0.2) is 0 Å². The van der Waals surface area contributed by atoms with Crippen LogP contribution in [-0.2, 0) is 12.3 Å². The van der Waals surface area contributed by atoms with E-state index in [2.05, 4.69) is 31.8 Å². The monoisotopic (exact) mass is 333 g/mol. The first-order chi connectivity index (χ1) is 11.2. The van der Waals surface area contributed by atoms with Crippen molar-refractivity contribution in [2.45, 2.75) is 50.1 Å². The van der Waals surface area contributed by atoms with Crippen molar-refractivity contribution >= 4 is 11.8 Å². The largest absolute Gasteiger partial charge is 0.361 e. The number of aromatic nitrogens is 4. The lowest BCUT2D eigenvalue weighted by Crippen LogP contribution is -2.28. The zero-order chi connectivity index (χ0) is 16.2. The number of hydrogen-bond donors (Lipinski definition) is 1. The molecule has 1 N–H and O–H groups in total. The van der Waals surface area contributed by atoms with Gasteiger partial charge in [-0.05, 0) is 39.8 Å². The van der Waals surface area contributed by atoms with Gasteiger partial charge in [0.05, 0.1) is 5.69 Å². The van der Waals surface area contributed by atoms with Gasteiger partial charge in [0, 0.05) is 23.8 Å². The van der Waals surface area contributed by atoms with Crippen molar-refractivity contribution < 1.29 is 4.52 Å². The van der Waals surface area contributed by atoms with Crippen LogP contribution in [0.4, 0.5) is 0 Å². The van der Waals surface area contributed by atoms with Gasteiger partial charge in [-0.3, -0.25) is 0 Å². The molecule has 1 aliphatic heterocycles. The summed E-state index contributed by atoms with van der Waals surface area (Å²) in [5.74, 6) is 3.25. The molecule has 0 bridgehead atoms. The van der Waals surface area contributed by atoms with Crippen LogP contribution in [0.15, 0.2) is 22.3 Å². The second kappa shape index (κ2) is 7.31. The van der Waals surface area contributed by atoms with Crippen LogP contribution in [0.2, 0.25) is 0 Å². The molecule has 0 saturated carbocycles. The topological polar surface area (TPSA) is 68.8 Å². The first-order valence-electron chi connectivity index (χ1n) is 8.00. The lowest BCUT2D eigenvalue weighted by Gasteiger charge is -2.22. The number of thioether (sulfide) groups is 1. The summed E-state index contributed by atoms with van der Waals surface area (Å²) < 4.78 is 7.43. The fourth-order valence-corrected chi connectivity index (χ4v) is 4.04. The lowest BCUT2D eigenvalue weighted by atomic mass is 9.97. The Hall–Kier alpha value is -1.60. The van der Waals surface area contributed by atoms with Gasteiger partial charge in [-0.1, -0.05) is 23.0 Å². The molecule has 0 amide bonds. The van der Waals surface area contributed by atoms with Crippen molar-refractivity contribution in [2.75, 3.05) is 13.1 Å². The van der Waals surface area contributed by atoms with Crippen LogP contribution in [0.5, 0.6) is 0 Å².